The second-order valence-corrected chi connectivity index (χ2v) is 13.9. The van der Waals surface area contributed by atoms with E-state index in [1.807, 2.05) is 6.92 Å². The molecule has 0 saturated heterocycles. The van der Waals surface area contributed by atoms with Gasteiger partial charge in [0, 0.05) is 26.2 Å². The molecular weight excluding hydrogens is 696 g/mol. The van der Waals surface area contributed by atoms with Gasteiger partial charge in [-0.25, -0.2) is 8.42 Å². The molecule has 1 fully saturated rings. The first-order valence-electron chi connectivity index (χ1n) is 13.5. The number of nitrogens with one attached hydrogen (secondary N) is 1. The molecule has 3 aromatic carbocycles. The molecule has 3 aromatic rings. The fraction of sp³-hybridized carbons (Fsp3) is 0.333. The second-order valence-electron chi connectivity index (χ2n) is 9.97. The fourth-order valence-corrected chi connectivity index (χ4v) is 7.24. The highest BCUT2D eigenvalue weighted by Gasteiger charge is 2.34. The summed E-state index contributed by atoms with van der Waals surface area (Å²) >= 11 is 14.7. The van der Waals surface area contributed by atoms with Crippen molar-refractivity contribution < 1.29 is 18.0 Å². The molecule has 1 N–H and O–H groups in total. The largest absolute Gasteiger partial charge is 0.352 e. The summed E-state index contributed by atoms with van der Waals surface area (Å²) in [5.74, 6) is -0.785. The Hall–Kier alpha value is -2.34. The van der Waals surface area contributed by atoms with E-state index in [9.17, 15) is 18.0 Å². The van der Waals surface area contributed by atoms with Crippen molar-refractivity contribution in [3.8, 4) is 0 Å². The van der Waals surface area contributed by atoms with Crippen LogP contribution in [0.15, 0.2) is 77.7 Å². The Bertz CT molecular complexity index is 1470. The smallest absolute Gasteiger partial charge is 0.264 e. The van der Waals surface area contributed by atoms with Crippen LogP contribution in [0, 0.1) is 3.57 Å². The molecule has 0 aliphatic heterocycles. The lowest BCUT2D eigenvalue weighted by Gasteiger charge is -2.34. The predicted octanol–water partition coefficient (Wildman–Crippen LogP) is 6.66. The van der Waals surface area contributed by atoms with Gasteiger partial charge in [-0.15, -0.1) is 0 Å². The maximum absolute atomic E-state index is 14.2. The van der Waals surface area contributed by atoms with Gasteiger partial charge in [0.1, 0.15) is 12.6 Å². The van der Waals surface area contributed by atoms with Gasteiger partial charge in [0.15, 0.2) is 0 Å². The SMILES string of the molecule is CC[C@H](C(=O)NC1CCCC1)N(Cc1ccc(Cl)cc1Cl)C(=O)CN(c1ccc(I)cc1)S(=O)(=O)c1ccccc1. The van der Waals surface area contributed by atoms with Gasteiger partial charge < -0.3 is 10.2 Å². The summed E-state index contributed by atoms with van der Waals surface area (Å²) in [4.78, 5) is 29.2. The number of carbonyl (C=O) groups excluding carboxylic acids is 2. The molecule has 7 nitrogen and oxygen atoms in total. The standard InChI is InChI=1S/C30H32Cl2IN3O4S/c1-2-28(30(38)34-24-8-6-7-9-24)35(19-21-12-13-22(31)18-27(21)32)29(37)20-36(25-16-14-23(33)15-17-25)41(39,40)26-10-4-3-5-11-26/h3-5,10-18,24,28H,2,6-9,19-20H2,1H3,(H,34,38)/t28-/m1/s1. The Labute approximate surface area is 265 Å². The molecule has 1 saturated carbocycles. The minimum atomic E-state index is -4.11. The van der Waals surface area contributed by atoms with Crippen LogP contribution in [-0.4, -0.2) is 43.8 Å². The van der Waals surface area contributed by atoms with Gasteiger partial charge in [-0.2, -0.15) is 0 Å². The highest BCUT2D eigenvalue weighted by atomic mass is 127. The van der Waals surface area contributed by atoms with Crippen LogP contribution in [-0.2, 0) is 26.2 Å². The van der Waals surface area contributed by atoms with Crippen molar-refractivity contribution >= 4 is 73.3 Å². The molecule has 0 spiro atoms. The Morgan fingerprint density at radius 2 is 1.66 bits per heavy atom. The molecule has 0 heterocycles. The van der Waals surface area contributed by atoms with E-state index in [1.165, 1.54) is 17.0 Å². The van der Waals surface area contributed by atoms with E-state index in [4.69, 9.17) is 23.2 Å². The maximum Gasteiger partial charge on any atom is 0.264 e. The molecule has 0 aromatic heterocycles. The molecule has 1 aliphatic carbocycles. The summed E-state index contributed by atoms with van der Waals surface area (Å²) in [5.41, 5.74) is 0.943. The first-order chi connectivity index (χ1) is 19.6. The summed E-state index contributed by atoms with van der Waals surface area (Å²) in [6.07, 6.45) is 4.23. The van der Waals surface area contributed by atoms with E-state index < -0.39 is 28.5 Å². The molecule has 0 unspecified atom stereocenters. The molecule has 11 heteroatoms. The van der Waals surface area contributed by atoms with Crippen molar-refractivity contribution in [3.63, 3.8) is 0 Å². The third kappa shape index (κ3) is 7.94. The molecule has 0 radical (unpaired) electrons. The number of hydrogen-bond donors (Lipinski definition) is 1. The van der Waals surface area contributed by atoms with Gasteiger partial charge >= 0.3 is 0 Å². The van der Waals surface area contributed by atoms with Crippen molar-refractivity contribution in [1.29, 1.82) is 0 Å². The van der Waals surface area contributed by atoms with E-state index in [0.29, 0.717) is 27.7 Å². The lowest BCUT2D eigenvalue weighted by atomic mass is 10.1. The number of halogens is 3. The zero-order chi connectivity index (χ0) is 29.6. The summed E-state index contributed by atoms with van der Waals surface area (Å²) in [5, 5.41) is 3.90. The molecule has 1 aliphatic rings. The minimum absolute atomic E-state index is 0.0113. The quantitative estimate of drug-likeness (QED) is 0.224. The van der Waals surface area contributed by atoms with Crippen LogP contribution in [0.25, 0.3) is 0 Å². The van der Waals surface area contributed by atoms with E-state index in [-0.39, 0.29) is 23.4 Å². The number of amides is 2. The molecule has 0 bridgehead atoms. The fourth-order valence-electron chi connectivity index (χ4n) is 4.98. The van der Waals surface area contributed by atoms with E-state index in [1.54, 1.807) is 60.7 Å². The van der Waals surface area contributed by atoms with Gasteiger partial charge in [-0.1, -0.05) is 67.2 Å². The zero-order valence-electron chi connectivity index (χ0n) is 22.6. The summed E-state index contributed by atoms with van der Waals surface area (Å²) in [6, 6.07) is 19.1. The van der Waals surface area contributed by atoms with Crippen LogP contribution in [0.2, 0.25) is 10.0 Å². The Morgan fingerprint density at radius 1 is 1.00 bits per heavy atom. The van der Waals surface area contributed by atoms with Gasteiger partial charge in [-0.3, -0.25) is 13.9 Å². The third-order valence-electron chi connectivity index (χ3n) is 7.17. The van der Waals surface area contributed by atoms with Crippen molar-refractivity contribution in [1.82, 2.24) is 10.2 Å². The van der Waals surface area contributed by atoms with Gasteiger partial charge in [-0.05, 0) is 95.9 Å². The Balaban J connectivity index is 1.72. The number of nitrogens with zero attached hydrogens (tertiary/aromatic N) is 2. The maximum atomic E-state index is 14.2. The van der Waals surface area contributed by atoms with Crippen molar-refractivity contribution in [3.05, 3.63) is 92.0 Å². The number of anilines is 1. The predicted molar refractivity (Wildman–Crippen MR) is 172 cm³/mol. The number of rotatable bonds is 11. The minimum Gasteiger partial charge on any atom is -0.352 e. The molecule has 2 amide bonds. The summed E-state index contributed by atoms with van der Waals surface area (Å²) < 4.78 is 29.8. The number of hydrogen-bond acceptors (Lipinski definition) is 4. The van der Waals surface area contributed by atoms with Crippen LogP contribution in [0.5, 0.6) is 0 Å². The van der Waals surface area contributed by atoms with E-state index in [0.717, 1.165) is 33.6 Å². The molecule has 1 atom stereocenters. The molecule has 4 rings (SSSR count). The van der Waals surface area contributed by atoms with Crippen LogP contribution < -0.4 is 9.62 Å². The summed E-state index contributed by atoms with van der Waals surface area (Å²) in [6.45, 7) is 1.34. The number of benzene rings is 3. The van der Waals surface area contributed by atoms with E-state index >= 15 is 0 Å². The van der Waals surface area contributed by atoms with Gasteiger partial charge in [0.05, 0.1) is 10.6 Å². The monoisotopic (exact) mass is 727 g/mol. The van der Waals surface area contributed by atoms with Crippen LogP contribution >= 0.6 is 45.8 Å². The number of sulfonamides is 1. The van der Waals surface area contributed by atoms with Crippen LogP contribution in [0.3, 0.4) is 0 Å². The van der Waals surface area contributed by atoms with Crippen molar-refractivity contribution in [2.24, 2.45) is 0 Å². The highest BCUT2D eigenvalue weighted by molar-refractivity contribution is 14.1. The average molecular weight is 728 g/mol. The highest BCUT2D eigenvalue weighted by Crippen LogP contribution is 2.27. The molecule has 41 heavy (non-hydrogen) atoms. The first-order valence-corrected chi connectivity index (χ1v) is 16.7. The number of carbonyl (C=O) groups is 2. The molecule has 218 valence electrons. The van der Waals surface area contributed by atoms with Crippen molar-refractivity contribution in [2.45, 2.75) is 62.6 Å². The van der Waals surface area contributed by atoms with Crippen molar-refractivity contribution in [2.75, 3.05) is 10.8 Å². The normalized spacial score (nSPS) is 14.4. The lowest BCUT2D eigenvalue weighted by Crippen LogP contribution is -2.53. The van der Waals surface area contributed by atoms with Gasteiger partial charge in [0.25, 0.3) is 10.0 Å². The zero-order valence-corrected chi connectivity index (χ0v) is 27.1. The van der Waals surface area contributed by atoms with E-state index in [2.05, 4.69) is 27.9 Å². The van der Waals surface area contributed by atoms with Gasteiger partial charge in [0.2, 0.25) is 11.8 Å². The summed E-state index contributed by atoms with van der Waals surface area (Å²) in [7, 11) is -4.11. The van der Waals surface area contributed by atoms with Crippen LogP contribution in [0.1, 0.15) is 44.6 Å². The third-order valence-corrected chi connectivity index (χ3v) is 10.3. The lowest BCUT2D eigenvalue weighted by molar-refractivity contribution is -0.140. The van der Waals surface area contributed by atoms with Crippen LogP contribution in [0.4, 0.5) is 5.69 Å². The molecular formula is C30H32Cl2IN3O4S. The topological polar surface area (TPSA) is 86.8 Å². The first kappa shape index (κ1) is 31.6. The average Bonchev–Trinajstić information content (AvgIpc) is 3.46. The second kappa shape index (κ2) is 14.2. The Morgan fingerprint density at radius 3 is 2.27 bits per heavy atom. The Kier molecular flexibility index (Phi) is 11.0.